The predicted octanol–water partition coefficient (Wildman–Crippen LogP) is 4.85. The summed E-state index contributed by atoms with van der Waals surface area (Å²) in [5.74, 6) is 0.137. The first-order valence-corrected chi connectivity index (χ1v) is 10.5. The number of fused-ring (bicyclic) bond motifs is 2. The van der Waals surface area contributed by atoms with Crippen LogP contribution in [0.15, 0.2) is 80.7 Å². The zero-order valence-corrected chi connectivity index (χ0v) is 18.5. The molecule has 10 heteroatoms. The van der Waals surface area contributed by atoms with Crippen LogP contribution in [0.4, 0.5) is 17.1 Å². The molecule has 0 saturated heterocycles. The standard InChI is InChI=1S/C23H18N4O5S/c1-31-19-11-15(18(27(29)30)12-20(19)32-2)13-24-25-14-23(28)26-16-7-3-5-9-21(16)33-22-10-6-4-8-17(22)26/h3-14H,1-2H3/b24-13+,25-14+. The molecule has 0 bridgehead atoms. The van der Waals surface area contributed by atoms with E-state index in [2.05, 4.69) is 10.2 Å². The fourth-order valence-corrected chi connectivity index (χ4v) is 4.38. The van der Waals surface area contributed by atoms with Crippen molar-refractivity contribution in [3.05, 3.63) is 76.3 Å². The average molecular weight is 462 g/mol. The molecule has 1 aliphatic rings. The van der Waals surface area contributed by atoms with Gasteiger partial charge in [0.05, 0.1) is 48.4 Å². The van der Waals surface area contributed by atoms with Gasteiger partial charge in [-0.2, -0.15) is 10.2 Å². The van der Waals surface area contributed by atoms with Gasteiger partial charge in [-0.15, -0.1) is 0 Å². The number of anilines is 2. The molecule has 1 aliphatic heterocycles. The predicted molar refractivity (Wildman–Crippen MR) is 126 cm³/mol. The van der Waals surface area contributed by atoms with Crippen LogP contribution in [0.25, 0.3) is 0 Å². The minimum Gasteiger partial charge on any atom is -0.493 e. The van der Waals surface area contributed by atoms with E-state index in [1.165, 1.54) is 32.6 Å². The summed E-state index contributed by atoms with van der Waals surface area (Å²) in [7, 11) is 2.81. The van der Waals surface area contributed by atoms with Gasteiger partial charge >= 0.3 is 0 Å². The maximum Gasteiger partial charge on any atom is 0.282 e. The monoisotopic (exact) mass is 462 g/mol. The van der Waals surface area contributed by atoms with E-state index in [0.717, 1.165) is 27.4 Å². The van der Waals surface area contributed by atoms with Crippen molar-refractivity contribution in [3.8, 4) is 11.5 Å². The van der Waals surface area contributed by atoms with Gasteiger partial charge in [0, 0.05) is 9.79 Å². The number of ether oxygens (including phenoxy) is 2. The van der Waals surface area contributed by atoms with Crippen LogP contribution in [-0.4, -0.2) is 37.5 Å². The normalized spacial score (nSPS) is 12.5. The molecular weight excluding hydrogens is 444 g/mol. The van der Waals surface area contributed by atoms with E-state index in [0.29, 0.717) is 5.75 Å². The Labute approximate surface area is 193 Å². The topological polar surface area (TPSA) is 107 Å². The number of hydrogen-bond acceptors (Lipinski definition) is 8. The van der Waals surface area contributed by atoms with Crippen LogP contribution in [0.3, 0.4) is 0 Å². The highest BCUT2D eigenvalue weighted by atomic mass is 32.2. The second-order valence-electron chi connectivity index (χ2n) is 6.72. The molecule has 0 aliphatic carbocycles. The number of para-hydroxylation sites is 2. The number of methoxy groups -OCH3 is 2. The van der Waals surface area contributed by atoms with Crippen LogP contribution < -0.4 is 14.4 Å². The third-order valence-electron chi connectivity index (χ3n) is 4.81. The lowest BCUT2D eigenvalue weighted by molar-refractivity contribution is -0.385. The Morgan fingerprint density at radius 1 is 0.970 bits per heavy atom. The fourth-order valence-electron chi connectivity index (χ4n) is 3.32. The van der Waals surface area contributed by atoms with E-state index in [1.807, 2.05) is 48.5 Å². The van der Waals surface area contributed by atoms with Crippen LogP contribution in [0.5, 0.6) is 11.5 Å². The van der Waals surface area contributed by atoms with Crippen molar-refractivity contribution in [3.63, 3.8) is 0 Å². The number of rotatable bonds is 6. The summed E-state index contributed by atoms with van der Waals surface area (Å²) in [6, 6.07) is 17.8. The summed E-state index contributed by atoms with van der Waals surface area (Å²) in [6.07, 6.45) is 2.27. The van der Waals surface area contributed by atoms with Crippen LogP contribution >= 0.6 is 11.8 Å². The second-order valence-corrected chi connectivity index (χ2v) is 7.81. The number of nitro groups is 1. The minimum absolute atomic E-state index is 0.160. The maximum atomic E-state index is 13.0. The van der Waals surface area contributed by atoms with E-state index in [-0.39, 0.29) is 17.0 Å². The molecule has 4 rings (SSSR count). The number of carbonyl (C=O) groups excluding carboxylic acids is 1. The molecule has 0 radical (unpaired) electrons. The molecular formula is C23H18N4O5S. The van der Waals surface area contributed by atoms with Crippen molar-refractivity contribution >= 4 is 47.2 Å². The van der Waals surface area contributed by atoms with E-state index >= 15 is 0 Å². The van der Waals surface area contributed by atoms with Crippen LogP contribution in [0, 0.1) is 10.1 Å². The number of nitrogens with zero attached hydrogens (tertiary/aromatic N) is 4. The Bertz CT molecular complexity index is 1250. The van der Waals surface area contributed by atoms with Gasteiger partial charge in [-0.25, -0.2) is 0 Å². The number of amides is 1. The van der Waals surface area contributed by atoms with Crippen molar-refractivity contribution in [1.82, 2.24) is 0 Å². The summed E-state index contributed by atoms with van der Waals surface area (Å²) < 4.78 is 10.3. The summed E-state index contributed by atoms with van der Waals surface area (Å²) in [5.41, 5.74) is 1.43. The van der Waals surface area contributed by atoms with Crippen LogP contribution in [0.1, 0.15) is 5.56 Å². The second kappa shape index (κ2) is 9.53. The number of hydrogen-bond donors (Lipinski definition) is 0. The summed E-state index contributed by atoms with van der Waals surface area (Å²) >= 11 is 1.59. The van der Waals surface area contributed by atoms with Crippen molar-refractivity contribution in [2.75, 3.05) is 19.1 Å². The third-order valence-corrected chi connectivity index (χ3v) is 5.94. The van der Waals surface area contributed by atoms with E-state index in [4.69, 9.17) is 9.47 Å². The highest BCUT2D eigenvalue weighted by Gasteiger charge is 2.27. The Morgan fingerprint density at radius 2 is 1.55 bits per heavy atom. The average Bonchev–Trinajstić information content (AvgIpc) is 2.84. The van der Waals surface area contributed by atoms with Crippen molar-refractivity contribution in [1.29, 1.82) is 0 Å². The third kappa shape index (κ3) is 4.41. The van der Waals surface area contributed by atoms with E-state index in [9.17, 15) is 14.9 Å². The van der Waals surface area contributed by atoms with Gasteiger partial charge in [-0.1, -0.05) is 36.0 Å². The quantitative estimate of drug-likeness (QED) is 0.295. The zero-order valence-electron chi connectivity index (χ0n) is 17.7. The molecule has 0 saturated carbocycles. The number of nitro benzene ring substituents is 1. The molecule has 9 nitrogen and oxygen atoms in total. The minimum atomic E-state index is -0.558. The highest BCUT2D eigenvalue weighted by molar-refractivity contribution is 7.99. The van der Waals surface area contributed by atoms with Gasteiger partial charge < -0.3 is 9.47 Å². The molecule has 1 heterocycles. The molecule has 0 atom stereocenters. The van der Waals surface area contributed by atoms with Gasteiger partial charge in [0.25, 0.3) is 11.6 Å². The lowest BCUT2D eigenvalue weighted by atomic mass is 10.1. The van der Waals surface area contributed by atoms with Crippen LogP contribution in [0.2, 0.25) is 0 Å². The number of benzene rings is 3. The molecule has 1 amide bonds. The fraction of sp³-hybridized carbons (Fsp3) is 0.0870. The van der Waals surface area contributed by atoms with Gasteiger partial charge in [0.1, 0.15) is 6.21 Å². The van der Waals surface area contributed by atoms with Gasteiger partial charge in [0.15, 0.2) is 11.5 Å². The molecule has 0 aromatic heterocycles. The zero-order chi connectivity index (χ0) is 23.4. The Balaban J connectivity index is 1.62. The molecule has 33 heavy (non-hydrogen) atoms. The molecule has 0 fully saturated rings. The molecule has 3 aromatic carbocycles. The summed E-state index contributed by atoms with van der Waals surface area (Å²) in [6.45, 7) is 0. The van der Waals surface area contributed by atoms with Crippen molar-refractivity contribution < 1.29 is 19.2 Å². The first-order chi connectivity index (χ1) is 16.0. The molecule has 0 N–H and O–H groups in total. The SMILES string of the molecule is COc1cc(/C=N/N=C/C(=O)N2c3ccccc3Sc3ccccc32)c([N+](=O)[O-])cc1OC. The first kappa shape index (κ1) is 22.0. The van der Waals surface area contributed by atoms with E-state index < -0.39 is 10.8 Å². The molecule has 3 aromatic rings. The van der Waals surface area contributed by atoms with E-state index in [1.54, 1.807) is 16.7 Å². The highest BCUT2D eigenvalue weighted by Crippen LogP contribution is 2.47. The smallest absolute Gasteiger partial charge is 0.282 e. The first-order valence-electron chi connectivity index (χ1n) is 9.70. The lowest BCUT2D eigenvalue weighted by Gasteiger charge is -2.29. The lowest BCUT2D eigenvalue weighted by Crippen LogP contribution is -2.29. The summed E-state index contributed by atoms with van der Waals surface area (Å²) in [4.78, 5) is 27.4. The maximum absolute atomic E-state index is 13.0. The molecule has 0 spiro atoms. The van der Waals surface area contributed by atoms with Crippen LogP contribution in [-0.2, 0) is 4.79 Å². The van der Waals surface area contributed by atoms with Gasteiger partial charge in [-0.05, 0) is 30.3 Å². The Kier molecular flexibility index (Phi) is 6.36. The largest absolute Gasteiger partial charge is 0.493 e. The van der Waals surface area contributed by atoms with Crippen molar-refractivity contribution in [2.24, 2.45) is 10.2 Å². The molecule has 0 unspecified atom stereocenters. The summed E-state index contributed by atoms with van der Waals surface area (Å²) in [5, 5.41) is 19.1. The van der Waals surface area contributed by atoms with Gasteiger partial charge in [-0.3, -0.25) is 19.8 Å². The molecule has 166 valence electrons. The van der Waals surface area contributed by atoms with Crippen molar-refractivity contribution in [2.45, 2.75) is 9.79 Å². The Hall–Kier alpha value is -4.18. The van der Waals surface area contributed by atoms with Gasteiger partial charge in [0.2, 0.25) is 0 Å². The number of carbonyl (C=O) groups is 1. The Morgan fingerprint density at radius 3 is 2.12 bits per heavy atom.